The average Bonchev–Trinajstić information content (AvgIpc) is 2.43. The number of benzene rings is 1. The van der Waals surface area contributed by atoms with Gasteiger partial charge in [-0.25, -0.2) is 4.79 Å². The molecule has 0 amide bonds. The molecule has 2 rings (SSSR count). The molecule has 5 nitrogen and oxygen atoms in total. The topological polar surface area (TPSA) is 62.5 Å². The van der Waals surface area contributed by atoms with Gasteiger partial charge >= 0.3 is 5.97 Å². The summed E-state index contributed by atoms with van der Waals surface area (Å²) < 4.78 is 11.9. The van der Waals surface area contributed by atoms with Gasteiger partial charge in [0.1, 0.15) is 24.5 Å². The van der Waals surface area contributed by atoms with Crippen molar-refractivity contribution >= 4 is 21.9 Å². The first-order valence-corrected chi connectivity index (χ1v) is 6.69. The lowest BCUT2D eigenvalue weighted by Gasteiger charge is -2.07. The highest BCUT2D eigenvalue weighted by Gasteiger charge is 2.09. The third kappa shape index (κ3) is 4.24. The summed E-state index contributed by atoms with van der Waals surface area (Å²) in [5.41, 5.74) is 0.213. The monoisotopic (exact) mass is 337 g/mol. The minimum atomic E-state index is -0.548. The van der Waals surface area contributed by atoms with Gasteiger partial charge in [-0.2, -0.15) is 4.73 Å². The molecule has 0 atom stereocenters. The van der Waals surface area contributed by atoms with E-state index in [4.69, 9.17) is 9.47 Å². The third-order valence-electron chi connectivity index (χ3n) is 2.39. The number of carbonyl (C=O) groups is 1. The van der Waals surface area contributed by atoms with Crippen molar-refractivity contribution in [2.24, 2.45) is 0 Å². The molecule has 1 heterocycles. The van der Waals surface area contributed by atoms with Gasteiger partial charge in [0.15, 0.2) is 12.4 Å². The maximum atomic E-state index is 11.6. The van der Waals surface area contributed by atoms with Crippen molar-refractivity contribution in [3.05, 3.63) is 64.0 Å². The summed E-state index contributed by atoms with van der Waals surface area (Å²) >= 11 is 3.33. The standard InChI is InChI=1S/C14H12BrNO4/c15-12-4-1-5-13(9-12)19-7-8-20-14(17)11-3-2-6-16(18)10-11/h1-6,9-10H,7-8H2. The minimum Gasteiger partial charge on any atom is -0.619 e. The molecule has 20 heavy (non-hydrogen) atoms. The highest BCUT2D eigenvalue weighted by atomic mass is 79.9. The molecule has 2 aromatic rings. The van der Waals surface area contributed by atoms with Crippen molar-refractivity contribution in [3.8, 4) is 5.75 Å². The molecule has 0 aliphatic carbocycles. The van der Waals surface area contributed by atoms with Crippen LogP contribution in [0.5, 0.6) is 5.75 Å². The van der Waals surface area contributed by atoms with Crippen LogP contribution in [0, 0.1) is 5.21 Å². The fraction of sp³-hybridized carbons (Fsp3) is 0.143. The lowest BCUT2D eigenvalue weighted by Crippen LogP contribution is -2.26. The Morgan fingerprint density at radius 3 is 2.85 bits per heavy atom. The van der Waals surface area contributed by atoms with E-state index in [-0.39, 0.29) is 18.8 Å². The summed E-state index contributed by atoms with van der Waals surface area (Å²) in [6.07, 6.45) is 2.46. The number of ether oxygens (including phenoxy) is 2. The second kappa shape index (κ2) is 6.91. The molecule has 0 N–H and O–H groups in total. The number of pyridine rings is 1. The van der Waals surface area contributed by atoms with Gasteiger partial charge in [-0.15, -0.1) is 0 Å². The van der Waals surface area contributed by atoms with E-state index in [2.05, 4.69) is 15.9 Å². The number of esters is 1. The van der Waals surface area contributed by atoms with Crippen molar-refractivity contribution in [3.63, 3.8) is 0 Å². The van der Waals surface area contributed by atoms with Gasteiger partial charge in [-0.3, -0.25) is 0 Å². The molecule has 0 aliphatic rings. The van der Waals surface area contributed by atoms with E-state index in [1.54, 1.807) is 0 Å². The van der Waals surface area contributed by atoms with E-state index >= 15 is 0 Å². The summed E-state index contributed by atoms with van der Waals surface area (Å²) in [7, 11) is 0. The quantitative estimate of drug-likeness (QED) is 0.363. The van der Waals surface area contributed by atoms with Crippen LogP contribution in [0.25, 0.3) is 0 Å². The van der Waals surface area contributed by atoms with E-state index in [1.165, 1.54) is 18.3 Å². The Morgan fingerprint density at radius 1 is 1.25 bits per heavy atom. The summed E-state index contributed by atoms with van der Waals surface area (Å²) in [4.78, 5) is 11.6. The zero-order chi connectivity index (χ0) is 14.4. The van der Waals surface area contributed by atoms with Crippen molar-refractivity contribution in [1.82, 2.24) is 0 Å². The van der Waals surface area contributed by atoms with E-state index in [0.717, 1.165) is 10.7 Å². The molecule has 0 aliphatic heterocycles. The van der Waals surface area contributed by atoms with Crippen LogP contribution in [0.1, 0.15) is 10.4 Å². The Hall–Kier alpha value is -2.08. The molecular formula is C14H12BrNO4. The fourth-order valence-corrected chi connectivity index (χ4v) is 1.89. The first-order chi connectivity index (χ1) is 9.65. The van der Waals surface area contributed by atoms with Gasteiger partial charge in [0.2, 0.25) is 0 Å². The highest BCUT2D eigenvalue weighted by Crippen LogP contribution is 2.17. The van der Waals surface area contributed by atoms with Gasteiger partial charge in [0, 0.05) is 10.5 Å². The molecule has 104 valence electrons. The fourth-order valence-electron chi connectivity index (χ4n) is 1.51. The lowest BCUT2D eigenvalue weighted by atomic mass is 10.3. The average molecular weight is 338 g/mol. The maximum absolute atomic E-state index is 11.6. The maximum Gasteiger partial charge on any atom is 0.344 e. The Kier molecular flexibility index (Phi) is 4.95. The Morgan fingerprint density at radius 2 is 2.10 bits per heavy atom. The van der Waals surface area contributed by atoms with Crippen LogP contribution in [-0.4, -0.2) is 19.2 Å². The zero-order valence-corrected chi connectivity index (χ0v) is 12.1. The third-order valence-corrected chi connectivity index (χ3v) is 2.89. The second-order valence-electron chi connectivity index (χ2n) is 3.89. The molecule has 0 fully saturated rings. The van der Waals surface area contributed by atoms with Gasteiger partial charge < -0.3 is 14.7 Å². The largest absolute Gasteiger partial charge is 0.619 e. The first kappa shape index (κ1) is 14.3. The van der Waals surface area contributed by atoms with Crippen molar-refractivity contribution in [2.75, 3.05) is 13.2 Å². The number of carbonyl (C=O) groups excluding carboxylic acids is 1. The molecule has 0 bridgehead atoms. The first-order valence-electron chi connectivity index (χ1n) is 5.89. The number of hydrogen-bond acceptors (Lipinski definition) is 4. The van der Waals surface area contributed by atoms with Crippen molar-refractivity contribution < 1.29 is 19.0 Å². The lowest BCUT2D eigenvalue weighted by molar-refractivity contribution is -0.605. The van der Waals surface area contributed by atoms with E-state index in [9.17, 15) is 10.0 Å². The van der Waals surface area contributed by atoms with E-state index in [0.29, 0.717) is 10.5 Å². The van der Waals surface area contributed by atoms with Crippen molar-refractivity contribution in [2.45, 2.75) is 0 Å². The molecule has 0 saturated carbocycles. The van der Waals surface area contributed by atoms with Crippen LogP contribution >= 0.6 is 15.9 Å². The molecule has 1 aromatic heterocycles. The Balaban J connectivity index is 1.77. The number of hydrogen-bond donors (Lipinski definition) is 0. The van der Waals surface area contributed by atoms with Gasteiger partial charge in [-0.05, 0) is 24.3 Å². The second-order valence-corrected chi connectivity index (χ2v) is 4.81. The SMILES string of the molecule is O=C(OCCOc1cccc(Br)c1)c1ccc[n+]([O-])c1. The van der Waals surface area contributed by atoms with Crippen LogP contribution < -0.4 is 9.47 Å². The predicted octanol–water partition coefficient (Wildman–Crippen LogP) is 2.32. The number of halogens is 1. The van der Waals surface area contributed by atoms with Crippen LogP contribution in [0.2, 0.25) is 0 Å². The Labute approximate surface area is 124 Å². The molecule has 0 radical (unpaired) electrons. The molecular weight excluding hydrogens is 326 g/mol. The van der Waals surface area contributed by atoms with Gasteiger partial charge in [0.25, 0.3) is 0 Å². The van der Waals surface area contributed by atoms with Crippen LogP contribution in [0.3, 0.4) is 0 Å². The molecule has 0 spiro atoms. The molecule has 0 saturated heterocycles. The number of aromatic nitrogens is 1. The normalized spacial score (nSPS) is 10.1. The summed E-state index contributed by atoms with van der Waals surface area (Å²) in [6, 6.07) is 10.4. The van der Waals surface area contributed by atoms with Gasteiger partial charge in [-0.1, -0.05) is 22.0 Å². The van der Waals surface area contributed by atoms with Gasteiger partial charge in [0.05, 0.1) is 0 Å². The molecule has 0 unspecified atom stereocenters. The van der Waals surface area contributed by atoms with Crippen LogP contribution in [-0.2, 0) is 4.74 Å². The smallest absolute Gasteiger partial charge is 0.344 e. The Bertz CT molecular complexity index is 603. The summed E-state index contributed by atoms with van der Waals surface area (Å²) in [5, 5.41) is 11.0. The predicted molar refractivity (Wildman–Crippen MR) is 75.3 cm³/mol. The summed E-state index contributed by atoms with van der Waals surface area (Å²) in [5.74, 6) is 0.139. The van der Waals surface area contributed by atoms with Crippen LogP contribution in [0.4, 0.5) is 0 Å². The van der Waals surface area contributed by atoms with E-state index < -0.39 is 5.97 Å². The summed E-state index contributed by atoms with van der Waals surface area (Å²) in [6.45, 7) is 0.353. The number of nitrogens with zero attached hydrogens (tertiary/aromatic N) is 1. The van der Waals surface area contributed by atoms with E-state index in [1.807, 2.05) is 24.3 Å². The van der Waals surface area contributed by atoms with Crippen molar-refractivity contribution in [1.29, 1.82) is 0 Å². The highest BCUT2D eigenvalue weighted by molar-refractivity contribution is 9.10. The molecule has 6 heteroatoms. The molecule has 1 aromatic carbocycles. The zero-order valence-electron chi connectivity index (χ0n) is 10.5. The minimum absolute atomic E-state index is 0.110. The van der Waals surface area contributed by atoms with Crippen LogP contribution in [0.15, 0.2) is 53.3 Å². The number of rotatable bonds is 5.